The van der Waals surface area contributed by atoms with Gasteiger partial charge in [-0.1, -0.05) is 12.1 Å². The summed E-state index contributed by atoms with van der Waals surface area (Å²) in [7, 11) is 1.33. The normalized spacial score (nSPS) is 11.3. The molecule has 1 heterocycles. The van der Waals surface area contributed by atoms with E-state index >= 15 is 0 Å². The molecular formula is C13H9F5N2O. The Morgan fingerprint density at radius 2 is 1.76 bits per heavy atom. The second-order valence-corrected chi connectivity index (χ2v) is 3.95. The third-order valence-corrected chi connectivity index (χ3v) is 2.53. The van der Waals surface area contributed by atoms with Gasteiger partial charge in [-0.3, -0.25) is 0 Å². The first kappa shape index (κ1) is 15.0. The number of ether oxygens (including phenoxy) is 1. The summed E-state index contributed by atoms with van der Waals surface area (Å²) in [6.07, 6.45) is -4.67. The number of benzene rings is 1. The molecule has 0 saturated carbocycles. The Morgan fingerprint density at radius 1 is 1.10 bits per heavy atom. The molecule has 21 heavy (non-hydrogen) atoms. The number of aromatic nitrogens is 1. The fourth-order valence-corrected chi connectivity index (χ4v) is 1.59. The van der Waals surface area contributed by atoms with Crippen LogP contribution in [0.2, 0.25) is 0 Å². The highest BCUT2D eigenvalue weighted by molar-refractivity contribution is 5.42. The van der Waals surface area contributed by atoms with Gasteiger partial charge in [0.1, 0.15) is 5.75 Å². The molecule has 8 heteroatoms. The van der Waals surface area contributed by atoms with Crippen molar-refractivity contribution in [1.82, 2.24) is 4.98 Å². The monoisotopic (exact) mass is 304 g/mol. The molecule has 2 rings (SSSR count). The summed E-state index contributed by atoms with van der Waals surface area (Å²) in [4.78, 5) is 3.46. The molecule has 0 aliphatic carbocycles. The largest absolute Gasteiger partial charge is 0.436 e. The molecule has 1 aromatic heterocycles. The molecular weight excluding hydrogens is 295 g/mol. The van der Waals surface area contributed by atoms with Crippen LogP contribution in [0.1, 0.15) is 5.56 Å². The molecule has 0 radical (unpaired) electrons. The first-order chi connectivity index (χ1) is 9.82. The third kappa shape index (κ3) is 3.21. The Hall–Kier alpha value is -2.38. The smallest absolute Gasteiger partial charge is 0.419 e. The maximum absolute atomic E-state index is 13.5. The molecule has 0 spiro atoms. The van der Waals surface area contributed by atoms with E-state index in [0.29, 0.717) is 6.07 Å². The van der Waals surface area contributed by atoms with Crippen molar-refractivity contribution in [2.75, 3.05) is 12.4 Å². The Morgan fingerprint density at radius 3 is 2.38 bits per heavy atom. The Labute approximate surface area is 116 Å². The maximum atomic E-state index is 13.5. The minimum atomic E-state index is -4.67. The Balaban J connectivity index is 2.44. The predicted octanol–water partition coefficient (Wildman–Crippen LogP) is 4.21. The van der Waals surface area contributed by atoms with Crippen molar-refractivity contribution < 1.29 is 26.7 Å². The minimum Gasteiger partial charge on any atom is -0.436 e. The summed E-state index contributed by atoms with van der Waals surface area (Å²) in [6, 6.07) is 4.75. The van der Waals surface area contributed by atoms with Gasteiger partial charge in [0.2, 0.25) is 0 Å². The van der Waals surface area contributed by atoms with Crippen molar-refractivity contribution in [2.24, 2.45) is 0 Å². The zero-order chi connectivity index (χ0) is 15.6. The van der Waals surface area contributed by atoms with E-state index in [0.717, 1.165) is 12.1 Å². The van der Waals surface area contributed by atoms with Gasteiger partial charge in [-0.15, -0.1) is 0 Å². The van der Waals surface area contributed by atoms with E-state index in [1.807, 2.05) is 0 Å². The zero-order valence-electron chi connectivity index (χ0n) is 10.6. The lowest BCUT2D eigenvalue weighted by Gasteiger charge is -2.13. The van der Waals surface area contributed by atoms with Gasteiger partial charge in [0.05, 0.1) is 5.56 Å². The number of nitrogens with zero attached hydrogens (tertiary/aromatic N) is 1. The quantitative estimate of drug-likeness (QED) is 0.862. The van der Waals surface area contributed by atoms with Crippen LogP contribution < -0.4 is 10.1 Å². The van der Waals surface area contributed by atoms with E-state index < -0.39 is 35.0 Å². The SMILES string of the molecule is CNc1nc(Oc2ccccc2C(F)(F)F)c(F)cc1F. The minimum absolute atomic E-state index is 0.337. The highest BCUT2D eigenvalue weighted by Gasteiger charge is 2.34. The van der Waals surface area contributed by atoms with Gasteiger partial charge in [-0.25, -0.2) is 8.78 Å². The van der Waals surface area contributed by atoms with Gasteiger partial charge in [0, 0.05) is 13.1 Å². The number of alkyl halides is 3. The number of hydrogen-bond donors (Lipinski definition) is 1. The van der Waals surface area contributed by atoms with E-state index in [4.69, 9.17) is 4.74 Å². The van der Waals surface area contributed by atoms with Crippen LogP contribution in [0.15, 0.2) is 30.3 Å². The molecule has 0 aliphatic rings. The van der Waals surface area contributed by atoms with E-state index in [-0.39, 0.29) is 5.82 Å². The van der Waals surface area contributed by atoms with Gasteiger partial charge in [-0.05, 0) is 12.1 Å². The number of anilines is 1. The number of halogens is 5. The number of para-hydroxylation sites is 1. The van der Waals surface area contributed by atoms with Crippen LogP contribution in [0.3, 0.4) is 0 Å². The summed E-state index contributed by atoms with van der Waals surface area (Å²) in [5.41, 5.74) is -1.08. The summed E-state index contributed by atoms with van der Waals surface area (Å²) in [6.45, 7) is 0. The van der Waals surface area contributed by atoms with Crippen LogP contribution >= 0.6 is 0 Å². The summed E-state index contributed by atoms with van der Waals surface area (Å²) in [5, 5.41) is 2.34. The molecule has 0 unspecified atom stereocenters. The van der Waals surface area contributed by atoms with Crippen LogP contribution in [0, 0.1) is 11.6 Å². The molecule has 1 N–H and O–H groups in total. The molecule has 0 fully saturated rings. The second kappa shape index (κ2) is 5.55. The van der Waals surface area contributed by atoms with Crippen LogP contribution in [0.5, 0.6) is 11.6 Å². The number of pyridine rings is 1. The first-order valence-electron chi connectivity index (χ1n) is 5.71. The lowest BCUT2D eigenvalue weighted by molar-refractivity contribution is -0.138. The highest BCUT2D eigenvalue weighted by Crippen LogP contribution is 2.38. The maximum Gasteiger partial charge on any atom is 0.419 e. The van der Waals surface area contributed by atoms with E-state index in [1.165, 1.54) is 19.2 Å². The molecule has 3 nitrogen and oxygen atoms in total. The van der Waals surface area contributed by atoms with Crippen LogP contribution in [-0.2, 0) is 6.18 Å². The second-order valence-electron chi connectivity index (χ2n) is 3.95. The number of rotatable bonds is 3. The third-order valence-electron chi connectivity index (χ3n) is 2.53. The lowest BCUT2D eigenvalue weighted by Crippen LogP contribution is -2.08. The molecule has 0 saturated heterocycles. The standard InChI is InChI=1S/C13H9F5N2O/c1-19-11-8(14)6-9(15)12(20-11)21-10-5-3-2-4-7(10)13(16,17)18/h2-6H,1H3,(H,19,20). The van der Waals surface area contributed by atoms with Gasteiger partial charge in [0.15, 0.2) is 17.5 Å². The average molecular weight is 304 g/mol. The van der Waals surface area contributed by atoms with Gasteiger partial charge in [0.25, 0.3) is 5.88 Å². The van der Waals surface area contributed by atoms with Crippen molar-refractivity contribution in [3.63, 3.8) is 0 Å². The van der Waals surface area contributed by atoms with E-state index in [1.54, 1.807) is 0 Å². The van der Waals surface area contributed by atoms with Crippen molar-refractivity contribution in [2.45, 2.75) is 6.18 Å². The molecule has 0 aliphatic heterocycles. The van der Waals surface area contributed by atoms with Gasteiger partial charge in [-0.2, -0.15) is 18.2 Å². The molecule has 0 atom stereocenters. The summed E-state index contributed by atoms with van der Waals surface area (Å²) >= 11 is 0. The van der Waals surface area contributed by atoms with E-state index in [2.05, 4.69) is 10.3 Å². The predicted molar refractivity (Wildman–Crippen MR) is 65.2 cm³/mol. The number of hydrogen-bond acceptors (Lipinski definition) is 3. The summed E-state index contributed by atoms with van der Waals surface area (Å²) < 4.78 is 70.0. The van der Waals surface area contributed by atoms with Crippen molar-refractivity contribution in [3.05, 3.63) is 47.5 Å². The Bertz CT molecular complexity index is 657. The molecule has 1 aromatic carbocycles. The van der Waals surface area contributed by atoms with Crippen molar-refractivity contribution in [1.29, 1.82) is 0 Å². The topological polar surface area (TPSA) is 34.2 Å². The highest BCUT2D eigenvalue weighted by atomic mass is 19.4. The fourth-order valence-electron chi connectivity index (χ4n) is 1.59. The molecule has 112 valence electrons. The molecule has 0 amide bonds. The molecule has 2 aromatic rings. The lowest BCUT2D eigenvalue weighted by atomic mass is 10.2. The van der Waals surface area contributed by atoms with Crippen LogP contribution in [-0.4, -0.2) is 12.0 Å². The van der Waals surface area contributed by atoms with Gasteiger partial charge < -0.3 is 10.1 Å². The van der Waals surface area contributed by atoms with Gasteiger partial charge >= 0.3 is 6.18 Å². The van der Waals surface area contributed by atoms with Crippen LogP contribution in [0.4, 0.5) is 27.8 Å². The first-order valence-corrected chi connectivity index (χ1v) is 5.71. The molecule has 0 bridgehead atoms. The summed E-state index contributed by atoms with van der Waals surface area (Å²) in [5.74, 6) is -3.90. The van der Waals surface area contributed by atoms with Crippen LogP contribution in [0.25, 0.3) is 0 Å². The van der Waals surface area contributed by atoms with E-state index in [9.17, 15) is 22.0 Å². The fraction of sp³-hybridized carbons (Fsp3) is 0.154. The average Bonchev–Trinajstić information content (AvgIpc) is 2.41. The zero-order valence-corrected chi connectivity index (χ0v) is 10.6. The number of nitrogens with one attached hydrogen (secondary N) is 1. The van der Waals surface area contributed by atoms with Crippen molar-refractivity contribution in [3.8, 4) is 11.6 Å². The Kier molecular flexibility index (Phi) is 3.97. The van der Waals surface area contributed by atoms with Crippen molar-refractivity contribution >= 4 is 5.82 Å².